The van der Waals surface area contributed by atoms with Crippen LogP contribution in [0.3, 0.4) is 0 Å². The highest BCUT2D eigenvalue weighted by Gasteiger charge is 2.22. The Morgan fingerprint density at radius 2 is 2.32 bits per heavy atom. The quantitative estimate of drug-likeness (QED) is 0.756. The van der Waals surface area contributed by atoms with Gasteiger partial charge in [-0.25, -0.2) is 9.97 Å². The van der Waals surface area contributed by atoms with Crippen molar-refractivity contribution >= 4 is 39.0 Å². The van der Waals surface area contributed by atoms with Crippen LogP contribution in [0, 0.1) is 0 Å². The Balaban J connectivity index is 1.69. The molecule has 0 saturated carbocycles. The third kappa shape index (κ3) is 2.96. The van der Waals surface area contributed by atoms with Gasteiger partial charge in [-0.1, -0.05) is 13.0 Å². The van der Waals surface area contributed by atoms with Gasteiger partial charge in [0.05, 0.1) is 5.69 Å². The van der Waals surface area contributed by atoms with Crippen molar-refractivity contribution in [3.8, 4) is 0 Å². The van der Waals surface area contributed by atoms with Crippen molar-refractivity contribution in [3.63, 3.8) is 0 Å². The lowest BCUT2D eigenvalue weighted by atomic mass is 10.0. The summed E-state index contributed by atoms with van der Waals surface area (Å²) in [6.45, 7) is 5.10. The highest BCUT2D eigenvalue weighted by molar-refractivity contribution is 7.21. The number of carbonyl (C=O) groups is 1. The predicted octanol–water partition coefficient (Wildman–Crippen LogP) is 2.90. The maximum atomic E-state index is 12.6. The van der Waals surface area contributed by atoms with Crippen LogP contribution >= 0.6 is 11.3 Å². The predicted molar refractivity (Wildman–Crippen MR) is 101 cm³/mol. The van der Waals surface area contributed by atoms with Crippen LogP contribution in [0.25, 0.3) is 10.2 Å². The van der Waals surface area contributed by atoms with Gasteiger partial charge in [0.1, 0.15) is 15.5 Å². The van der Waals surface area contributed by atoms with Crippen molar-refractivity contribution < 1.29 is 4.79 Å². The van der Waals surface area contributed by atoms with Gasteiger partial charge in [0, 0.05) is 36.8 Å². The fraction of sp³-hybridized carbons (Fsp3) is 0.278. The number of aromatic nitrogens is 2. The largest absolute Gasteiger partial charge is 0.397 e. The molecule has 0 aliphatic carbocycles. The number of amides is 1. The van der Waals surface area contributed by atoms with Gasteiger partial charge in [-0.15, -0.1) is 11.3 Å². The van der Waals surface area contributed by atoms with Crippen LogP contribution in [0.4, 0.5) is 11.5 Å². The van der Waals surface area contributed by atoms with Crippen LogP contribution in [-0.2, 0) is 13.0 Å². The molecule has 6 nitrogen and oxygen atoms in total. The van der Waals surface area contributed by atoms with Gasteiger partial charge in [-0.05, 0) is 30.3 Å². The number of nitrogens with zero attached hydrogens (tertiary/aromatic N) is 3. The van der Waals surface area contributed by atoms with Crippen LogP contribution in [0.15, 0.2) is 30.5 Å². The van der Waals surface area contributed by atoms with E-state index in [0.29, 0.717) is 16.4 Å². The first-order valence-electron chi connectivity index (χ1n) is 8.31. The molecule has 0 radical (unpaired) electrons. The maximum absolute atomic E-state index is 12.6. The molecule has 3 aromatic heterocycles. The first-order chi connectivity index (χ1) is 12.2. The Morgan fingerprint density at radius 3 is 3.08 bits per heavy atom. The molecule has 0 bridgehead atoms. The molecule has 0 aromatic carbocycles. The number of nitrogens with one attached hydrogen (secondary N) is 1. The van der Waals surface area contributed by atoms with Crippen molar-refractivity contribution in [2.75, 3.05) is 24.1 Å². The molecule has 128 valence electrons. The summed E-state index contributed by atoms with van der Waals surface area (Å²) in [4.78, 5) is 25.2. The van der Waals surface area contributed by atoms with Crippen LogP contribution in [0.5, 0.6) is 0 Å². The second-order valence-corrected chi connectivity index (χ2v) is 7.08. The molecular weight excluding hydrogens is 334 g/mol. The number of nitrogens with two attached hydrogens (primary N) is 1. The summed E-state index contributed by atoms with van der Waals surface area (Å²) in [5.41, 5.74) is 9.10. The molecule has 0 saturated heterocycles. The molecule has 1 aliphatic heterocycles. The van der Waals surface area contributed by atoms with Crippen molar-refractivity contribution in [1.29, 1.82) is 0 Å². The van der Waals surface area contributed by atoms with Gasteiger partial charge < -0.3 is 11.1 Å². The number of thiophene rings is 1. The summed E-state index contributed by atoms with van der Waals surface area (Å²) in [7, 11) is 0. The second kappa shape index (κ2) is 6.42. The standard InChI is InChI=1S/C18H19N5OS/c1-2-23-8-6-13-11(10-23)9-12-15(19)16(25-18(12)21-13)17(24)22-14-5-3-4-7-20-14/h3-5,7,9H,2,6,8,10,19H2,1H3,(H,20,22,24). The smallest absolute Gasteiger partial charge is 0.269 e. The third-order valence-corrected chi connectivity index (χ3v) is 5.62. The van der Waals surface area contributed by atoms with E-state index in [1.54, 1.807) is 18.3 Å². The minimum absolute atomic E-state index is 0.243. The van der Waals surface area contributed by atoms with Crippen molar-refractivity contribution in [1.82, 2.24) is 14.9 Å². The molecular formula is C18H19N5OS. The average Bonchev–Trinajstić information content (AvgIpc) is 2.96. The monoisotopic (exact) mass is 353 g/mol. The zero-order chi connectivity index (χ0) is 17.4. The zero-order valence-corrected chi connectivity index (χ0v) is 14.8. The fourth-order valence-electron chi connectivity index (χ4n) is 3.10. The SMILES string of the molecule is CCN1CCc2nc3sc(C(=O)Nc4ccccn4)c(N)c3cc2C1. The fourth-order valence-corrected chi connectivity index (χ4v) is 4.10. The molecule has 1 aliphatic rings. The first kappa shape index (κ1) is 16.0. The number of likely N-dealkylation sites (N-methyl/N-ethyl adjacent to an activating group) is 1. The van der Waals surface area contributed by atoms with E-state index in [-0.39, 0.29) is 5.91 Å². The first-order valence-corrected chi connectivity index (χ1v) is 9.13. The van der Waals surface area contributed by atoms with Gasteiger partial charge >= 0.3 is 0 Å². The van der Waals surface area contributed by atoms with E-state index in [2.05, 4.69) is 28.2 Å². The summed E-state index contributed by atoms with van der Waals surface area (Å²) < 4.78 is 0. The summed E-state index contributed by atoms with van der Waals surface area (Å²) in [6.07, 6.45) is 2.57. The highest BCUT2D eigenvalue weighted by atomic mass is 32.1. The Labute approximate surface area is 149 Å². The van der Waals surface area contributed by atoms with E-state index in [1.807, 2.05) is 6.07 Å². The number of hydrogen-bond acceptors (Lipinski definition) is 6. The lowest BCUT2D eigenvalue weighted by molar-refractivity contribution is 0.103. The number of pyridine rings is 2. The number of fused-ring (bicyclic) bond motifs is 2. The average molecular weight is 353 g/mol. The lowest BCUT2D eigenvalue weighted by Gasteiger charge is -2.26. The highest BCUT2D eigenvalue weighted by Crippen LogP contribution is 2.35. The van der Waals surface area contributed by atoms with E-state index in [0.717, 1.165) is 42.0 Å². The van der Waals surface area contributed by atoms with Crippen molar-refractivity contribution in [2.24, 2.45) is 0 Å². The Kier molecular flexibility index (Phi) is 4.10. The number of anilines is 2. The molecule has 4 rings (SSSR count). The normalized spacial score (nSPS) is 14.4. The molecule has 7 heteroatoms. The molecule has 3 aromatic rings. The molecule has 0 atom stereocenters. The van der Waals surface area contributed by atoms with Gasteiger partial charge in [0.15, 0.2) is 0 Å². The molecule has 25 heavy (non-hydrogen) atoms. The van der Waals surface area contributed by atoms with Gasteiger partial charge in [0.2, 0.25) is 0 Å². The minimum Gasteiger partial charge on any atom is -0.397 e. The molecule has 0 fully saturated rings. The summed E-state index contributed by atoms with van der Waals surface area (Å²) in [5, 5.41) is 3.66. The topological polar surface area (TPSA) is 84.1 Å². The van der Waals surface area contributed by atoms with E-state index in [9.17, 15) is 4.79 Å². The summed E-state index contributed by atoms with van der Waals surface area (Å²) >= 11 is 1.34. The van der Waals surface area contributed by atoms with Crippen LogP contribution in [0.1, 0.15) is 27.9 Å². The molecule has 4 heterocycles. The molecule has 0 unspecified atom stereocenters. The molecule has 3 N–H and O–H groups in total. The maximum Gasteiger partial charge on any atom is 0.269 e. The Morgan fingerprint density at radius 1 is 1.44 bits per heavy atom. The van der Waals surface area contributed by atoms with E-state index in [1.165, 1.54) is 16.9 Å². The Bertz CT molecular complexity index is 938. The summed E-state index contributed by atoms with van der Waals surface area (Å²) in [6, 6.07) is 7.48. The van der Waals surface area contributed by atoms with E-state index >= 15 is 0 Å². The van der Waals surface area contributed by atoms with Gasteiger partial charge in [-0.3, -0.25) is 9.69 Å². The van der Waals surface area contributed by atoms with E-state index in [4.69, 9.17) is 10.7 Å². The summed E-state index contributed by atoms with van der Waals surface area (Å²) in [5.74, 6) is 0.266. The zero-order valence-electron chi connectivity index (χ0n) is 14.0. The van der Waals surface area contributed by atoms with Gasteiger partial charge in [0.25, 0.3) is 5.91 Å². The third-order valence-electron chi connectivity index (χ3n) is 4.51. The Hall–Kier alpha value is -2.51. The van der Waals surface area contributed by atoms with Gasteiger partial charge in [-0.2, -0.15) is 0 Å². The minimum atomic E-state index is -0.243. The number of carbonyl (C=O) groups excluding carboxylic acids is 1. The number of hydrogen-bond donors (Lipinski definition) is 2. The second-order valence-electron chi connectivity index (χ2n) is 6.08. The van der Waals surface area contributed by atoms with Crippen LogP contribution in [-0.4, -0.2) is 33.9 Å². The molecule has 1 amide bonds. The molecule has 0 spiro atoms. The van der Waals surface area contributed by atoms with Crippen molar-refractivity contribution in [2.45, 2.75) is 19.9 Å². The van der Waals surface area contributed by atoms with Crippen LogP contribution < -0.4 is 11.1 Å². The lowest BCUT2D eigenvalue weighted by Crippen LogP contribution is -2.30. The van der Waals surface area contributed by atoms with Crippen molar-refractivity contribution in [3.05, 3.63) is 46.6 Å². The number of nitrogen functional groups attached to an aromatic ring is 1. The van der Waals surface area contributed by atoms with Crippen LogP contribution in [0.2, 0.25) is 0 Å². The number of rotatable bonds is 3. The van der Waals surface area contributed by atoms with E-state index < -0.39 is 0 Å².